The van der Waals surface area contributed by atoms with E-state index in [-0.39, 0.29) is 5.91 Å². The molecule has 0 spiro atoms. The SMILES string of the molecule is COc1cc(/C=C/C(=O)N2CCN(Cc3ccccc3)CC2)ccc1OC(=O)N(C)C. The fourth-order valence-corrected chi connectivity index (χ4v) is 3.30. The number of benzene rings is 2. The summed E-state index contributed by atoms with van der Waals surface area (Å²) in [6.07, 6.45) is 2.84. The molecular formula is C24H29N3O4. The first-order valence-corrected chi connectivity index (χ1v) is 10.3. The molecule has 0 aromatic heterocycles. The maximum atomic E-state index is 12.6. The minimum absolute atomic E-state index is 0.0126. The molecule has 3 rings (SSSR count). The number of carbonyl (C=O) groups excluding carboxylic acids is 2. The summed E-state index contributed by atoms with van der Waals surface area (Å²) >= 11 is 0. The van der Waals surface area contributed by atoms with Gasteiger partial charge in [0.1, 0.15) is 0 Å². The summed E-state index contributed by atoms with van der Waals surface area (Å²) in [5.41, 5.74) is 2.08. The maximum absolute atomic E-state index is 12.6. The highest BCUT2D eigenvalue weighted by Crippen LogP contribution is 2.29. The van der Waals surface area contributed by atoms with Crippen LogP contribution in [0.2, 0.25) is 0 Å². The summed E-state index contributed by atoms with van der Waals surface area (Å²) in [5.74, 6) is 0.750. The molecule has 0 radical (unpaired) electrons. The van der Waals surface area contributed by atoms with E-state index in [4.69, 9.17) is 9.47 Å². The van der Waals surface area contributed by atoms with E-state index in [9.17, 15) is 9.59 Å². The first-order chi connectivity index (χ1) is 15.0. The monoisotopic (exact) mass is 423 g/mol. The Balaban J connectivity index is 1.54. The van der Waals surface area contributed by atoms with Crippen LogP contribution >= 0.6 is 0 Å². The highest BCUT2D eigenvalue weighted by atomic mass is 16.6. The quantitative estimate of drug-likeness (QED) is 0.668. The third-order valence-corrected chi connectivity index (χ3v) is 5.10. The zero-order valence-corrected chi connectivity index (χ0v) is 18.3. The van der Waals surface area contributed by atoms with Gasteiger partial charge in [0, 0.05) is 52.9 Å². The van der Waals surface area contributed by atoms with Gasteiger partial charge in [-0.3, -0.25) is 9.69 Å². The van der Waals surface area contributed by atoms with Gasteiger partial charge in [-0.15, -0.1) is 0 Å². The van der Waals surface area contributed by atoms with E-state index in [1.165, 1.54) is 17.6 Å². The Morgan fingerprint density at radius 2 is 1.71 bits per heavy atom. The molecule has 0 unspecified atom stereocenters. The summed E-state index contributed by atoms with van der Waals surface area (Å²) in [5, 5.41) is 0. The molecule has 0 saturated carbocycles. The Labute approximate surface area is 183 Å². The van der Waals surface area contributed by atoms with Crippen molar-refractivity contribution in [2.45, 2.75) is 6.54 Å². The van der Waals surface area contributed by atoms with Crippen LogP contribution in [0.4, 0.5) is 4.79 Å². The molecule has 1 heterocycles. The van der Waals surface area contributed by atoms with E-state index in [1.807, 2.05) is 23.1 Å². The van der Waals surface area contributed by atoms with E-state index in [0.717, 1.165) is 25.2 Å². The summed E-state index contributed by atoms with van der Waals surface area (Å²) in [6.45, 7) is 4.03. The van der Waals surface area contributed by atoms with Gasteiger partial charge in [-0.05, 0) is 29.3 Å². The fraction of sp³-hybridized carbons (Fsp3) is 0.333. The number of hydrogen-bond acceptors (Lipinski definition) is 5. The van der Waals surface area contributed by atoms with Gasteiger partial charge in [-0.2, -0.15) is 0 Å². The van der Waals surface area contributed by atoms with E-state index >= 15 is 0 Å². The van der Waals surface area contributed by atoms with Gasteiger partial charge in [0.25, 0.3) is 0 Å². The summed E-state index contributed by atoms with van der Waals surface area (Å²) in [6, 6.07) is 15.5. The molecule has 0 atom stereocenters. The van der Waals surface area contributed by atoms with Crippen molar-refractivity contribution in [2.75, 3.05) is 47.4 Å². The maximum Gasteiger partial charge on any atom is 0.414 e. The van der Waals surface area contributed by atoms with Gasteiger partial charge in [-0.25, -0.2) is 4.79 Å². The van der Waals surface area contributed by atoms with Crippen molar-refractivity contribution in [3.05, 3.63) is 65.7 Å². The van der Waals surface area contributed by atoms with Gasteiger partial charge in [0.2, 0.25) is 5.91 Å². The molecule has 31 heavy (non-hydrogen) atoms. The molecule has 2 aromatic carbocycles. The van der Waals surface area contributed by atoms with Gasteiger partial charge < -0.3 is 19.3 Å². The molecule has 0 N–H and O–H groups in total. The van der Waals surface area contributed by atoms with Crippen LogP contribution in [0.1, 0.15) is 11.1 Å². The van der Waals surface area contributed by atoms with Crippen LogP contribution in [0.3, 0.4) is 0 Å². The summed E-state index contributed by atoms with van der Waals surface area (Å²) in [7, 11) is 4.73. The predicted molar refractivity (Wildman–Crippen MR) is 120 cm³/mol. The van der Waals surface area contributed by atoms with Crippen LogP contribution < -0.4 is 9.47 Å². The van der Waals surface area contributed by atoms with Crippen LogP contribution in [-0.2, 0) is 11.3 Å². The van der Waals surface area contributed by atoms with Gasteiger partial charge in [0.05, 0.1) is 7.11 Å². The second-order valence-electron chi connectivity index (χ2n) is 7.59. The number of ether oxygens (including phenoxy) is 2. The highest BCUT2D eigenvalue weighted by molar-refractivity contribution is 5.92. The molecule has 0 bridgehead atoms. The number of piperazine rings is 1. The Morgan fingerprint density at radius 3 is 2.35 bits per heavy atom. The number of amides is 2. The minimum atomic E-state index is -0.483. The molecular weight excluding hydrogens is 394 g/mol. The zero-order chi connectivity index (χ0) is 22.2. The molecule has 7 nitrogen and oxygen atoms in total. The largest absolute Gasteiger partial charge is 0.493 e. The summed E-state index contributed by atoms with van der Waals surface area (Å²) in [4.78, 5) is 29.9. The molecule has 1 saturated heterocycles. The van der Waals surface area contributed by atoms with E-state index in [0.29, 0.717) is 24.6 Å². The number of methoxy groups -OCH3 is 1. The predicted octanol–water partition coefficient (Wildman–Crippen LogP) is 3.11. The van der Waals surface area contributed by atoms with Crippen LogP contribution in [0.25, 0.3) is 6.08 Å². The highest BCUT2D eigenvalue weighted by Gasteiger charge is 2.19. The summed E-state index contributed by atoms with van der Waals surface area (Å²) < 4.78 is 10.6. The lowest BCUT2D eigenvalue weighted by atomic mass is 10.1. The number of carbonyl (C=O) groups is 2. The van der Waals surface area contributed by atoms with Crippen molar-refractivity contribution < 1.29 is 19.1 Å². The van der Waals surface area contributed by atoms with Crippen LogP contribution in [0, 0.1) is 0 Å². The third kappa shape index (κ3) is 6.33. The zero-order valence-electron chi connectivity index (χ0n) is 18.3. The first-order valence-electron chi connectivity index (χ1n) is 10.3. The fourth-order valence-electron chi connectivity index (χ4n) is 3.30. The van der Waals surface area contributed by atoms with Gasteiger partial charge in [-0.1, -0.05) is 36.4 Å². The second-order valence-corrected chi connectivity index (χ2v) is 7.59. The van der Waals surface area contributed by atoms with Crippen LogP contribution in [0.15, 0.2) is 54.6 Å². The van der Waals surface area contributed by atoms with Crippen molar-refractivity contribution in [1.29, 1.82) is 0 Å². The van der Waals surface area contributed by atoms with E-state index in [1.54, 1.807) is 44.4 Å². The standard InChI is InChI=1S/C24H29N3O4/c1-25(2)24(29)31-21-11-9-19(17-22(21)30-3)10-12-23(28)27-15-13-26(14-16-27)18-20-7-5-4-6-8-20/h4-12,17H,13-16,18H2,1-3H3/b12-10+. The van der Waals surface area contributed by atoms with Crippen LogP contribution in [0.5, 0.6) is 11.5 Å². The van der Waals surface area contributed by atoms with Crippen molar-refractivity contribution >= 4 is 18.1 Å². The molecule has 1 aliphatic rings. The molecule has 2 amide bonds. The van der Waals surface area contributed by atoms with E-state index < -0.39 is 6.09 Å². The molecule has 0 aliphatic carbocycles. The topological polar surface area (TPSA) is 62.3 Å². The van der Waals surface area contributed by atoms with Crippen molar-refractivity contribution in [3.8, 4) is 11.5 Å². The smallest absolute Gasteiger partial charge is 0.414 e. The molecule has 2 aromatic rings. The average Bonchev–Trinajstić information content (AvgIpc) is 2.79. The van der Waals surface area contributed by atoms with E-state index in [2.05, 4.69) is 17.0 Å². The number of nitrogens with zero attached hydrogens (tertiary/aromatic N) is 3. The number of hydrogen-bond donors (Lipinski definition) is 0. The van der Waals surface area contributed by atoms with Gasteiger partial charge in [0.15, 0.2) is 11.5 Å². The van der Waals surface area contributed by atoms with Crippen molar-refractivity contribution in [3.63, 3.8) is 0 Å². The lowest BCUT2D eigenvalue weighted by Crippen LogP contribution is -2.47. The second kappa shape index (κ2) is 10.6. The van der Waals surface area contributed by atoms with Crippen molar-refractivity contribution in [2.24, 2.45) is 0 Å². The first kappa shape index (κ1) is 22.4. The minimum Gasteiger partial charge on any atom is -0.493 e. The molecule has 7 heteroatoms. The molecule has 164 valence electrons. The van der Waals surface area contributed by atoms with Gasteiger partial charge >= 0.3 is 6.09 Å². The van der Waals surface area contributed by atoms with Crippen molar-refractivity contribution in [1.82, 2.24) is 14.7 Å². The number of rotatable bonds is 6. The Hall–Kier alpha value is -3.32. The third-order valence-electron chi connectivity index (χ3n) is 5.10. The normalized spacial score (nSPS) is 14.5. The lowest BCUT2D eigenvalue weighted by molar-refractivity contribution is -0.127. The Morgan fingerprint density at radius 1 is 1.00 bits per heavy atom. The lowest BCUT2D eigenvalue weighted by Gasteiger charge is -2.34. The Bertz CT molecular complexity index is 920. The molecule has 1 fully saturated rings. The Kier molecular flexibility index (Phi) is 7.67. The average molecular weight is 424 g/mol. The van der Waals surface area contributed by atoms with Crippen LogP contribution in [-0.4, -0.2) is 74.1 Å². The molecule has 1 aliphatic heterocycles.